The molecule has 0 aliphatic heterocycles. The Bertz CT molecular complexity index is 320. The van der Waals surface area contributed by atoms with Crippen LogP contribution in [0.4, 0.5) is 0 Å². The molecule has 2 unspecified atom stereocenters. The lowest BCUT2D eigenvalue weighted by molar-refractivity contribution is 0.231. The Hall–Kier alpha value is -0.630. The van der Waals surface area contributed by atoms with Crippen molar-refractivity contribution in [2.24, 2.45) is 0 Å². The Morgan fingerprint density at radius 2 is 1.50 bits per heavy atom. The number of aliphatic hydroxyl groups is 2. The molecule has 1 rings (SSSR count). The van der Waals surface area contributed by atoms with Gasteiger partial charge in [0.25, 0.3) is 0 Å². The lowest BCUT2D eigenvalue weighted by Crippen LogP contribution is -2.22. The first-order valence-corrected chi connectivity index (χ1v) is 6.35. The van der Waals surface area contributed by atoms with Crippen LogP contribution in [-0.4, -0.2) is 21.9 Å². The van der Waals surface area contributed by atoms with Crippen molar-refractivity contribution in [3.8, 4) is 0 Å². The third-order valence-electron chi connectivity index (χ3n) is 2.27. The number of hydrogen-bond acceptors (Lipinski definition) is 3. The van der Waals surface area contributed by atoms with Gasteiger partial charge in [0.2, 0.25) is 0 Å². The maximum Gasteiger partial charge on any atom is 0.168 e. The number of aliphatic hydroxyl groups excluding tert-OH is 2. The van der Waals surface area contributed by atoms with Gasteiger partial charge in [-0.2, -0.15) is 0 Å². The van der Waals surface area contributed by atoms with Crippen LogP contribution in [0.25, 0.3) is 0 Å². The van der Waals surface area contributed by atoms with Gasteiger partial charge < -0.3 is 14.8 Å². The van der Waals surface area contributed by atoms with E-state index in [1.807, 2.05) is 0 Å². The predicted octanol–water partition coefficient (Wildman–Crippen LogP) is 1.35. The molecule has 0 heterocycles. The second-order valence-electron chi connectivity index (χ2n) is 3.31. The summed E-state index contributed by atoms with van der Waals surface area (Å²) in [4.78, 5) is 0. The molecule has 1 aromatic carbocycles. The molecular weight excluding hydrogens is 199 g/mol. The van der Waals surface area contributed by atoms with Crippen LogP contribution in [0.5, 0.6) is 0 Å². The standard InChI is InChI=1S/C10H15O3P/c1-8(11)14(13,9(2)12)10-6-4-3-5-7-10/h3-9,11-12H,1-2H3. The van der Waals surface area contributed by atoms with Crippen LogP contribution < -0.4 is 5.30 Å². The number of rotatable bonds is 3. The Morgan fingerprint density at radius 3 is 1.86 bits per heavy atom. The Balaban J connectivity index is 3.21. The molecule has 78 valence electrons. The smallest absolute Gasteiger partial charge is 0.168 e. The van der Waals surface area contributed by atoms with E-state index in [9.17, 15) is 14.8 Å². The lowest BCUT2D eigenvalue weighted by atomic mass is 10.4. The SMILES string of the molecule is CC(O)P(=O)(c1ccccc1)C(C)O. The second-order valence-corrected chi connectivity index (χ2v) is 6.74. The van der Waals surface area contributed by atoms with Crippen molar-refractivity contribution in [3.63, 3.8) is 0 Å². The fraction of sp³-hybridized carbons (Fsp3) is 0.400. The van der Waals surface area contributed by atoms with Gasteiger partial charge in [-0.15, -0.1) is 0 Å². The Kier molecular flexibility index (Phi) is 3.48. The third-order valence-corrected chi connectivity index (χ3v) is 5.60. The fourth-order valence-corrected chi connectivity index (χ4v) is 3.53. The minimum Gasteiger partial charge on any atom is -0.385 e. The van der Waals surface area contributed by atoms with E-state index in [0.29, 0.717) is 5.30 Å². The van der Waals surface area contributed by atoms with Gasteiger partial charge in [-0.25, -0.2) is 0 Å². The molecule has 2 N–H and O–H groups in total. The highest BCUT2D eigenvalue weighted by molar-refractivity contribution is 7.72. The molecule has 14 heavy (non-hydrogen) atoms. The zero-order chi connectivity index (χ0) is 10.8. The summed E-state index contributed by atoms with van der Waals surface area (Å²) in [5.41, 5.74) is 0. The summed E-state index contributed by atoms with van der Waals surface area (Å²) in [5, 5.41) is 19.5. The number of hydrogen-bond donors (Lipinski definition) is 2. The summed E-state index contributed by atoms with van der Waals surface area (Å²) in [6, 6.07) is 8.62. The molecule has 0 bridgehead atoms. The first kappa shape index (κ1) is 11.4. The summed E-state index contributed by atoms with van der Waals surface area (Å²) >= 11 is 0. The highest BCUT2D eigenvalue weighted by Crippen LogP contribution is 2.51. The average molecular weight is 214 g/mol. The van der Waals surface area contributed by atoms with Gasteiger partial charge in [-0.1, -0.05) is 30.3 Å². The van der Waals surface area contributed by atoms with Crippen LogP contribution in [0.3, 0.4) is 0 Å². The van der Waals surface area contributed by atoms with Crippen molar-refractivity contribution < 1.29 is 14.8 Å². The maximum absolute atomic E-state index is 12.3. The zero-order valence-corrected chi connectivity index (χ0v) is 9.19. The molecule has 0 aliphatic rings. The molecule has 0 aliphatic carbocycles. The molecule has 1 aromatic rings. The van der Waals surface area contributed by atoms with Crippen LogP contribution >= 0.6 is 7.14 Å². The molecule has 0 saturated heterocycles. The number of benzene rings is 1. The fourth-order valence-electron chi connectivity index (χ4n) is 1.40. The molecule has 2 atom stereocenters. The van der Waals surface area contributed by atoms with E-state index in [-0.39, 0.29) is 0 Å². The van der Waals surface area contributed by atoms with E-state index < -0.39 is 18.8 Å². The van der Waals surface area contributed by atoms with Crippen molar-refractivity contribution in [1.82, 2.24) is 0 Å². The van der Waals surface area contributed by atoms with Gasteiger partial charge >= 0.3 is 0 Å². The largest absolute Gasteiger partial charge is 0.385 e. The zero-order valence-electron chi connectivity index (χ0n) is 8.29. The molecule has 3 nitrogen and oxygen atoms in total. The topological polar surface area (TPSA) is 57.5 Å². The van der Waals surface area contributed by atoms with Crippen molar-refractivity contribution in [1.29, 1.82) is 0 Å². The summed E-state index contributed by atoms with van der Waals surface area (Å²) in [7, 11) is -3.10. The molecular formula is C10H15O3P. The first-order chi connectivity index (χ1) is 6.49. The summed E-state index contributed by atoms with van der Waals surface area (Å²) in [6.07, 6.45) is 0. The van der Waals surface area contributed by atoms with Crippen LogP contribution in [0.1, 0.15) is 13.8 Å². The first-order valence-electron chi connectivity index (χ1n) is 4.50. The van der Waals surface area contributed by atoms with Gasteiger partial charge in [0.1, 0.15) is 11.7 Å². The van der Waals surface area contributed by atoms with E-state index in [4.69, 9.17) is 0 Å². The van der Waals surface area contributed by atoms with Crippen LogP contribution in [0.2, 0.25) is 0 Å². The highest BCUT2D eigenvalue weighted by atomic mass is 31.2. The minimum atomic E-state index is -3.10. The molecule has 0 radical (unpaired) electrons. The molecule has 0 fully saturated rings. The molecule has 4 heteroatoms. The quantitative estimate of drug-likeness (QED) is 0.747. The van der Waals surface area contributed by atoms with Crippen LogP contribution in [-0.2, 0) is 4.57 Å². The van der Waals surface area contributed by atoms with E-state index >= 15 is 0 Å². The van der Waals surface area contributed by atoms with Crippen molar-refractivity contribution in [3.05, 3.63) is 30.3 Å². The maximum atomic E-state index is 12.3. The second kappa shape index (κ2) is 4.26. The summed E-state index contributed by atoms with van der Waals surface area (Å²) in [5.74, 6) is -2.05. The van der Waals surface area contributed by atoms with Crippen molar-refractivity contribution in [2.45, 2.75) is 25.5 Å². The van der Waals surface area contributed by atoms with E-state index in [1.165, 1.54) is 13.8 Å². The molecule has 0 spiro atoms. The highest BCUT2D eigenvalue weighted by Gasteiger charge is 2.35. The molecule has 0 amide bonds. The van der Waals surface area contributed by atoms with E-state index in [1.54, 1.807) is 30.3 Å². The lowest BCUT2D eigenvalue weighted by Gasteiger charge is -2.24. The monoisotopic (exact) mass is 214 g/mol. The molecule has 0 saturated carbocycles. The van der Waals surface area contributed by atoms with Crippen molar-refractivity contribution >= 4 is 12.4 Å². The van der Waals surface area contributed by atoms with Crippen molar-refractivity contribution in [2.75, 3.05) is 0 Å². The predicted molar refractivity (Wildman–Crippen MR) is 57.0 cm³/mol. The van der Waals surface area contributed by atoms with E-state index in [2.05, 4.69) is 0 Å². The average Bonchev–Trinajstić information content (AvgIpc) is 2.17. The third kappa shape index (κ3) is 1.90. The van der Waals surface area contributed by atoms with Gasteiger partial charge in [-0.3, -0.25) is 0 Å². The van der Waals surface area contributed by atoms with Gasteiger partial charge in [0.15, 0.2) is 7.14 Å². The summed E-state index contributed by atoms with van der Waals surface area (Å²) in [6.45, 7) is 2.89. The normalized spacial score (nSPS) is 19.7. The van der Waals surface area contributed by atoms with Gasteiger partial charge in [-0.05, 0) is 13.8 Å². The molecule has 0 aromatic heterocycles. The Morgan fingerprint density at radius 1 is 1.07 bits per heavy atom. The van der Waals surface area contributed by atoms with Crippen LogP contribution in [0, 0.1) is 0 Å². The van der Waals surface area contributed by atoms with Gasteiger partial charge in [0, 0.05) is 5.30 Å². The summed E-state index contributed by atoms with van der Waals surface area (Å²) < 4.78 is 12.3. The minimum absolute atomic E-state index is 0.519. The van der Waals surface area contributed by atoms with E-state index in [0.717, 1.165) is 0 Å². The Labute approximate surface area is 83.8 Å². The van der Waals surface area contributed by atoms with Gasteiger partial charge in [0.05, 0.1) is 0 Å². The van der Waals surface area contributed by atoms with Crippen LogP contribution in [0.15, 0.2) is 30.3 Å².